The van der Waals surface area contributed by atoms with E-state index in [-0.39, 0.29) is 6.04 Å². The van der Waals surface area contributed by atoms with E-state index in [2.05, 4.69) is 61.7 Å². The van der Waals surface area contributed by atoms with E-state index in [0.717, 1.165) is 18.8 Å². The van der Waals surface area contributed by atoms with Crippen LogP contribution in [0.25, 0.3) is 0 Å². The Morgan fingerprint density at radius 1 is 1.20 bits per heavy atom. The summed E-state index contributed by atoms with van der Waals surface area (Å²) in [5.41, 5.74) is 5.34. The van der Waals surface area contributed by atoms with Gasteiger partial charge in [0.15, 0.2) is 0 Å². The first-order chi connectivity index (χ1) is 9.54. The van der Waals surface area contributed by atoms with E-state index in [0.29, 0.717) is 0 Å². The molecule has 1 N–H and O–H groups in total. The molecule has 3 nitrogen and oxygen atoms in total. The normalized spacial score (nSPS) is 12.7. The molecule has 1 aromatic heterocycles. The highest BCUT2D eigenvalue weighted by Gasteiger charge is 2.21. The van der Waals surface area contributed by atoms with Crippen molar-refractivity contribution in [3.05, 3.63) is 52.6 Å². The number of nitrogens with one attached hydrogen (secondary N) is 1. The summed E-state index contributed by atoms with van der Waals surface area (Å²) in [6.45, 7) is 9.72. The Morgan fingerprint density at radius 2 is 1.85 bits per heavy atom. The molecular formula is C17H25N3. The Morgan fingerprint density at radius 3 is 2.35 bits per heavy atom. The van der Waals surface area contributed by atoms with E-state index < -0.39 is 0 Å². The summed E-state index contributed by atoms with van der Waals surface area (Å²) in [5.74, 6) is 1.08. The number of imidazole rings is 1. The number of aromatic nitrogens is 2. The summed E-state index contributed by atoms with van der Waals surface area (Å²) >= 11 is 0. The maximum atomic E-state index is 4.55. The molecule has 0 radical (unpaired) electrons. The molecular weight excluding hydrogens is 246 g/mol. The fourth-order valence-electron chi connectivity index (χ4n) is 2.91. The maximum Gasteiger partial charge on any atom is 0.130 e. The fraction of sp³-hybridized carbons (Fsp3) is 0.471. The third kappa shape index (κ3) is 2.93. The van der Waals surface area contributed by atoms with Crippen LogP contribution in [0.15, 0.2) is 24.5 Å². The second-order valence-electron chi connectivity index (χ2n) is 5.60. The van der Waals surface area contributed by atoms with Gasteiger partial charge in [-0.05, 0) is 50.4 Å². The van der Waals surface area contributed by atoms with Crippen molar-refractivity contribution in [3.63, 3.8) is 0 Å². The average Bonchev–Trinajstić information content (AvgIpc) is 2.78. The molecule has 0 saturated carbocycles. The zero-order valence-corrected chi connectivity index (χ0v) is 13.2. The first-order valence-electron chi connectivity index (χ1n) is 7.33. The predicted molar refractivity (Wildman–Crippen MR) is 84.0 cm³/mol. The summed E-state index contributed by atoms with van der Waals surface area (Å²) in [6.07, 6.45) is 4.99. The molecule has 0 bridgehead atoms. The van der Waals surface area contributed by atoms with E-state index in [9.17, 15) is 0 Å². The standard InChI is InChI=1S/C17H25N3/c1-6-7-18-16(17-19-8-9-20(17)5)15-13(3)10-12(2)11-14(15)4/h8-11,16,18H,6-7H2,1-5H3. The number of rotatable bonds is 5. The van der Waals surface area contributed by atoms with E-state index in [4.69, 9.17) is 0 Å². The van der Waals surface area contributed by atoms with Crippen molar-refractivity contribution in [2.75, 3.05) is 6.54 Å². The molecule has 108 valence electrons. The van der Waals surface area contributed by atoms with Gasteiger partial charge in [0, 0.05) is 19.4 Å². The van der Waals surface area contributed by atoms with Crippen molar-refractivity contribution < 1.29 is 0 Å². The molecule has 20 heavy (non-hydrogen) atoms. The molecule has 0 saturated heterocycles. The van der Waals surface area contributed by atoms with Crippen molar-refractivity contribution in [1.82, 2.24) is 14.9 Å². The van der Waals surface area contributed by atoms with E-state index in [1.54, 1.807) is 0 Å². The summed E-state index contributed by atoms with van der Waals surface area (Å²) in [4.78, 5) is 4.55. The highest BCUT2D eigenvalue weighted by atomic mass is 15.1. The monoisotopic (exact) mass is 271 g/mol. The molecule has 1 aromatic carbocycles. The minimum absolute atomic E-state index is 0.163. The van der Waals surface area contributed by atoms with Gasteiger partial charge < -0.3 is 9.88 Å². The second-order valence-corrected chi connectivity index (χ2v) is 5.60. The van der Waals surface area contributed by atoms with Gasteiger partial charge in [0.1, 0.15) is 5.82 Å². The lowest BCUT2D eigenvalue weighted by Gasteiger charge is -2.23. The molecule has 0 aliphatic heterocycles. The number of hydrogen-bond donors (Lipinski definition) is 1. The van der Waals surface area contributed by atoms with Crippen LogP contribution in [-0.4, -0.2) is 16.1 Å². The minimum atomic E-state index is 0.163. The molecule has 3 heteroatoms. The van der Waals surface area contributed by atoms with E-state index in [1.165, 1.54) is 22.3 Å². The van der Waals surface area contributed by atoms with Crippen LogP contribution < -0.4 is 5.32 Å². The van der Waals surface area contributed by atoms with Crippen molar-refractivity contribution in [3.8, 4) is 0 Å². The van der Waals surface area contributed by atoms with Crippen LogP contribution in [0.1, 0.15) is 47.5 Å². The number of benzene rings is 1. The Kier molecular flexibility index (Phi) is 4.61. The van der Waals surface area contributed by atoms with Crippen molar-refractivity contribution in [2.45, 2.75) is 40.2 Å². The summed E-state index contributed by atoms with van der Waals surface area (Å²) in [7, 11) is 2.06. The van der Waals surface area contributed by atoms with Gasteiger partial charge in [0.25, 0.3) is 0 Å². The highest BCUT2D eigenvalue weighted by molar-refractivity contribution is 5.42. The average molecular weight is 271 g/mol. The third-order valence-corrected chi connectivity index (χ3v) is 3.74. The van der Waals surface area contributed by atoms with Crippen LogP contribution in [0.4, 0.5) is 0 Å². The van der Waals surface area contributed by atoms with Crippen LogP contribution in [0.2, 0.25) is 0 Å². The first kappa shape index (κ1) is 14.8. The molecule has 2 aromatic rings. The zero-order valence-electron chi connectivity index (χ0n) is 13.2. The van der Waals surface area contributed by atoms with Gasteiger partial charge in [0.05, 0.1) is 6.04 Å². The molecule has 0 fully saturated rings. The van der Waals surface area contributed by atoms with Crippen LogP contribution in [0.3, 0.4) is 0 Å². The van der Waals surface area contributed by atoms with E-state index in [1.807, 2.05) is 12.4 Å². The Labute approximate surface area is 122 Å². The van der Waals surface area contributed by atoms with Gasteiger partial charge in [-0.15, -0.1) is 0 Å². The molecule has 1 heterocycles. The third-order valence-electron chi connectivity index (χ3n) is 3.74. The van der Waals surface area contributed by atoms with Crippen molar-refractivity contribution >= 4 is 0 Å². The zero-order chi connectivity index (χ0) is 14.7. The smallest absolute Gasteiger partial charge is 0.130 e. The molecule has 0 amide bonds. The van der Waals surface area contributed by atoms with Crippen molar-refractivity contribution in [2.24, 2.45) is 7.05 Å². The molecule has 0 spiro atoms. The highest BCUT2D eigenvalue weighted by Crippen LogP contribution is 2.27. The topological polar surface area (TPSA) is 29.9 Å². The van der Waals surface area contributed by atoms with Gasteiger partial charge in [-0.25, -0.2) is 4.98 Å². The summed E-state index contributed by atoms with van der Waals surface area (Å²) in [5, 5.41) is 3.65. The Hall–Kier alpha value is -1.61. The fourth-order valence-corrected chi connectivity index (χ4v) is 2.91. The van der Waals surface area contributed by atoms with Crippen LogP contribution in [0, 0.1) is 20.8 Å². The molecule has 2 rings (SSSR count). The van der Waals surface area contributed by atoms with Gasteiger partial charge >= 0.3 is 0 Å². The second kappa shape index (κ2) is 6.23. The predicted octanol–water partition coefficient (Wildman–Crippen LogP) is 3.43. The quantitative estimate of drug-likeness (QED) is 0.903. The van der Waals surface area contributed by atoms with Gasteiger partial charge in [-0.1, -0.05) is 24.6 Å². The summed E-state index contributed by atoms with van der Waals surface area (Å²) < 4.78 is 2.10. The lowest BCUT2D eigenvalue weighted by molar-refractivity contribution is 0.551. The first-order valence-corrected chi connectivity index (χ1v) is 7.33. The van der Waals surface area contributed by atoms with Crippen LogP contribution >= 0.6 is 0 Å². The SMILES string of the molecule is CCCNC(c1c(C)cc(C)cc1C)c1nccn1C. The van der Waals surface area contributed by atoms with Gasteiger partial charge in [-0.3, -0.25) is 0 Å². The Bertz CT molecular complexity index is 561. The molecule has 1 unspecified atom stereocenters. The van der Waals surface area contributed by atoms with Gasteiger partial charge in [0.2, 0.25) is 0 Å². The molecule has 0 aliphatic rings. The van der Waals surface area contributed by atoms with Crippen molar-refractivity contribution in [1.29, 1.82) is 0 Å². The molecule has 0 aliphatic carbocycles. The Balaban J connectivity index is 2.50. The number of nitrogens with zero attached hydrogens (tertiary/aromatic N) is 2. The molecule has 1 atom stereocenters. The van der Waals surface area contributed by atoms with Crippen LogP contribution in [0.5, 0.6) is 0 Å². The largest absolute Gasteiger partial charge is 0.336 e. The minimum Gasteiger partial charge on any atom is -0.336 e. The van der Waals surface area contributed by atoms with Crippen LogP contribution in [-0.2, 0) is 7.05 Å². The lowest BCUT2D eigenvalue weighted by atomic mass is 9.93. The maximum absolute atomic E-state index is 4.55. The van der Waals surface area contributed by atoms with E-state index >= 15 is 0 Å². The van der Waals surface area contributed by atoms with Gasteiger partial charge in [-0.2, -0.15) is 0 Å². The lowest BCUT2D eigenvalue weighted by Crippen LogP contribution is -2.27. The number of aryl methyl sites for hydroxylation is 4. The summed E-state index contributed by atoms with van der Waals surface area (Å²) in [6, 6.07) is 4.67. The number of hydrogen-bond acceptors (Lipinski definition) is 2.